The first-order valence-corrected chi connectivity index (χ1v) is 5.44. The first-order chi connectivity index (χ1) is 7.70. The van der Waals surface area contributed by atoms with Crippen LogP contribution in [0.3, 0.4) is 0 Å². The van der Waals surface area contributed by atoms with Gasteiger partial charge in [0, 0.05) is 22.9 Å². The molecule has 0 saturated carbocycles. The summed E-state index contributed by atoms with van der Waals surface area (Å²) in [6, 6.07) is 6.80. The monoisotopic (exact) mass is 249 g/mol. The van der Waals surface area contributed by atoms with Gasteiger partial charge in [-0.05, 0) is 24.3 Å². The lowest BCUT2D eigenvalue weighted by Crippen LogP contribution is -1.94. The Morgan fingerprint density at radius 2 is 1.88 bits per heavy atom. The summed E-state index contributed by atoms with van der Waals surface area (Å²) in [6.07, 6.45) is 1.64. The summed E-state index contributed by atoms with van der Waals surface area (Å²) in [7, 11) is 0. The number of nitrogens with zero attached hydrogens (tertiary/aromatic N) is 1. The predicted octanol–water partition coefficient (Wildman–Crippen LogP) is 3.60. The largest absolute Gasteiger partial charge is 0.289 e. The number of pyridine rings is 1. The van der Waals surface area contributed by atoms with Crippen molar-refractivity contribution >= 4 is 29.0 Å². The normalized spacial score (nSPS) is 12.5. The van der Waals surface area contributed by atoms with E-state index in [0.717, 1.165) is 0 Å². The van der Waals surface area contributed by atoms with Crippen LogP contribution in [0.4, 0.5) is 0 Å². The van der Waals surface area contributed by atoms with Crippen LogP contribution < -0.4 is 0 Å². The van der Waals surface area contributed by atoms with Crippen LogP contribution in [-0.4, -0.2) is 10.8 Å². The molecule has 0 amide bonds. The van der Waals surface area contributed by atoms with Crippen LogP contribution in [0.2, 0.25) is 10.0 Å². The number of ketones is 1. The Morgan fingerprint density at radius 1 is 1.06 bits per heavy atom. The van der Waals surface area contributed by atoms with Gasteiger partial charge < -0.3 is 0 Å². The first-order valence-electron chi connectivity index (χ1n) is 4.68. The highest BCUT2D eigenvalue weighted by Crippen LogP contribution is 2.42. The summed E-state index contributed by atoms with van der Waals surface area (Å²) in [5, 5.41) is 0.830. The summed E-state index contributed by atoms with van der Waals surface area (Å²) in [5.74, 6) is -0.0448. The Labute approximate surface area is 102 Å². The Bertz CT molecular complexity index is 622. The molecule has 1 aromatic heterocycles. The molecule has 0 radical (unpaired) electrons. The van der Waals surface area contributed by atoms with Crippen molar-refractivity contribution in [3.63, 3.8) is 0 Å². The van der Waals surface area contributed by atoms with E-state index in [0.29, 0.717) is 32.4 Å². The zero-order valence-electron chi connectivity index (χ0n) is 8.00. The SMILES string of the molecule is O=C1c2cccnc2-c2c1ccc(Cl)c2Cl. The standard InChI is InChI=1S/C12H5Cl2NO/c13-8-4-3-6-9(10(8)14)11-7(12(6)16)2-1-5-15-11/h1-5H. The van der Waals surface area contributed by atoms with Crippen LogP contribution >= 0.6 is 23.2 Å². The Hall–Kier alpha value is -1.38. The van der Waals surface area contributed by atoms with Crippen LogP contribution in [0.1, 0.15) is 15.9 Å². The molecule has 1 heterocycles. The van der Waals surface area contributed by atoms with E-state index in [9.17, 15) is 4.79 Å². The molecule has 1 aliphatic rings. The molecule has 0 spiro atoms. The summed E-state index contributed by atoms with van der Waals surface area (Å²) in [4.78, 5) is 16.2. The van der Waals surface area contributed by atoms with Gasteiger partial charge in [-0.3, -0.25) is 9.78 Å². The molecule has 0 atom stereocenters. The molecule has 1 aliphatic carbocycles. The van der Waals surface area contributed by atoms with E-state index in [4.69, 9.17) is 23.2 Å². The molecular formula is C12H5Cl2NO. The molecule has 2 aromatic rings. The quantitative estimate of drug-likeness (QED) is 0.610. The van der Waals surface area contributed by atoms with Crippen molar-refractivity contribution < 1.29 is 4.79 Å². The molecule has 0 bridgehead atoms. The summed E-state index contributed by atoms with van der Waals surface area (Å²) in [5.41, 5.74) is 2.43. The van der Waals surface area contributed by atoms with E-state index in [1.54, 1.807) is 30.5 Å². The molecular weight excluding hydrogens is 245 g/mol. The van der Waals surface area contributed by atoms with E-state index in [2.05, 4.69) is 4.98 Å². The Kier molecular flexibility index (Phi) is 2.03. The number of hydrogen-bond acceptors (Lipinski definition) is 2. The van der Waals surface area contributed by atoms with Gasteiger partial charge in [-0.25, -0.2) is 0 Å². The lowest BCUT2D eigenvalue weighted by Gasteiger charge is -2.02. The van der Waals surface area contributed by atoms with Gasteiger partial charge in [0.25, 0.3) is 0 Å². The number of hydrogen-bond donors (Lipinski definition) is 0. The summed E-state index contributed by atoms with van der Waals surface area (Å²) in [6.45, 7) is 0. The predicted molar refractivity (Wildman–Crippen MR) is 63.1 cm³/mol. The minimum Gasteiger partial charge on any atom is -0.289 e. The van der Waals surface area contributed by atoms with Gasteiger partial charge in [0.2, 0.25) is 0 Å². The number of benzene rings is 1. The minimum atomic E-state index is -0.0448. The second-order valence-electron chi connectivity index (χ2n) is 3.51. The van der Waals surface area contributed by atoms with Crippen molar-refractivity contribution in [1.82, 2.24) is 4.98 Å². The molecule has 0 saturated heterocycles. The second-order valence-corrected chi connectivity index (χ2v) is 4.30. The van der Waals surface area contributed by atoms with Crippen molar-refractivity contribution in [1.29, 1.82) is 0 Å². The molecule has 78 valence electrons. The number of aromatic nitrogens is 1. The molecule has 0 N–H and O–H groups in total. The van der Waals surface area contributed by atoms with Crippen LogP contribution in [0.5, 0.6) is 0 Å². The lowest BCUT2D eigenvalue weighted by molar-refractivity contribution is 0.104. The highest BCUT2D eigenvalue weighted by molar-refractivity contribution is 6.45. The molecule has 16 heavy (non-hydrogen) atoms. The molecule has 2 nitrogen and oxygen atoms in total. The van der Waals surface area contributed by atoms with Gasteiger partial charge in [-0.15, -0.1) is 0 Å². The van der Waals surface area contributed by atoms with Gasteiger partial charge in [-0.1, -0.05) is 23.2 Å². The molecule has 0 aliphatic heterocycles. The molecule has 4 heteroatoms. The summed E-state index contributed by atoms with van der Waals surface area (Å²) < 4.78 is 0. The molecule has 0 unspecified atom stereocenters. The smallest absolute Gasteiger partial charge is 0.195 e. The average molecular weight is 250 g/mol. The third-order valence-electron chi connectivity index (χ3n) is 2.63. The zero-order chi connectivity index (χ0) is 11.3. The van der Waals surface area contributed by atoms with Gasteiger partial charge >= 0.3 is 0 Å². The second kappa shape index (κ2) is 3.30. The fourth-order valence-electron chi connectivity index (χ4n) is 1.90. The number of carbonyl (C=O) groups is 1. The van der Waals surface area contributed by atoms with Gasteiger partial charge in [0.05, 0.1) is 15.7 Å². The first kappa shape index (κ1) is 9.82. The third kappa shape index (κ3) is 1.14. The summed E-state index contributed by atoms with van der Waals surface area (Å²) >= 11 is 12.0. The maximum absolute atomic E-state index is 12.0. The van der Waals surface area contributed by atoms with Gasteiger partial charge in [-0.2, -0.15) is 0 Å². The van der Waals surface area contributed by atoms with Crippen molar-refractivity contribution in [3.8, 4) is 11.3 Å². The van der Waals surface area contributed by atoms with Crippen LogP contribution in [0.15, 0.2) is 30.5 Å². The molecule has 1 aromatic carbocycles. The number of rotatable bonds is 0. The number of halogens is 2. The minimum absolute atomic E-state index is 0.0448. The van der Waals surface area contributed by atoms with Gasteiger partial charge in [0.15, 0.2) is 5.78 Å². The van der Waals surface area contributed by atoms with E-state index in [1.807, 2.05) is 0 Å². The molecule has 3 rings (SSSR count). The fraction of sp³-hybridized carbons (Fsp3) is 0. The topological polar surface area (TPSA) is 30.0 Å². The number of fused-ring (bicyclic) bond motifs is 3. The zero-order valence-corrected chi connectivity index (χ0v) is 9.51. The Morgan fingerprint density at radius 3 is 2.69 bits per heavy atom. The van der Waals surface area contributed by atoms with Crippen molar-refractivity contribution in [2.75, 3.05) is 0 Å². The van der Waals surface area contributed by atoms with Gasteiger partial charge in [0.1, 0.15) is 0 Å². The number of carbonyl (C=O) groups excluding carboxylic acids is 1. The van der Waals surface area contributed by atoms with Crippen LogP contribution in [0, 0.1) is 0 Å². The van der Waals surface area contributed by atoms with Crippen molar-refractivity contribution in [2.24, 2.45) is 0 Å². The highest BCUT2D eigenvalue weighted by atomic mass is 35.5. The Balaban J connectivity index is 2.44. The molecule has 0 fully saturated rings. The average Bonchev–Trinajstić information content (AvgIpc) is 2.59. The maximum Gasteiger partial charge on any atom is 0.195 e. The van der Waals surface area contributed by atoms with Crippen LogP contribution in [-0.2, 0) is 0 Å². The fourth-order valence-corrected chi connectivity index (χ4v) is 2.32. The van der Waals surface area contributed by atoms with E-state index >= 15 is 0 Å². The van der Waals surface area contributed by atoms with Crippen molar-refractivity contribution in [2.45, 2.75) is 0 Å². The van der Waals surface area contributed by atoms with E-state index in [1.165, 1.54) is 0 Å². The van der Waals surface area contributed by atoms with Crippen LogP contribution in [0.25, 0.3) is 11.3 Å². The van der Waals surface area contributed by atoms with E-state index < -0.39 is 0 Å². The maximum atomic E-state index is 12.0. The lowest BCUT2D eigenvalue weighted by atomic mass is 10.1. The van der Waals surface area contributed by atoms with E-state index in [-0.39, 0.29) is 5.78 Å². The third-order valence-corrected chi connectivity index (χ3v) is 3.43. The van der Waals surface area contributed by atoms with Crippen molar-refractivity contribution in [3.05, 3.63) is 51.6 Å². The highest BCUT2D eigenvalue weighted by Gasteiger charge is 2.30.